The first kappa shape index (κ1) is 28.1. The SMILES string of the molecule is CCNC(=O)[C@H](CC)N(Cc1ccc(Cl)cc1)C(=O)CN(c1cc([N+](=O)[O-])ccc1C)S(C)(=O)=O. The number of carbonyl (C=O) groups is 2. The molecule has 2 rings (SSSR count). The van der Waals surface area contributed by atoms with E-state index in [0.717, 1.165) is 16.6 Å². The molecule has 0 aliphatic rings. The third kappa shape index (κ3) is 7.40. The molecule has 0 bridgehead atoms. The Morgan fingerprint density at radius 2 is 1.77 bits per heavy atom. The molecular weight excluding hydrogens is 496 g/mol. The number of rotatable bonds is 11. The van der Waals surface area contributed by atoms with Crippen LogP contribution in [0.1, 0.15) is 31.4 Å². The molecular formula is C23H29ClN4O6S. The Morgan fingerprint density at radius 3 is 2.29 bits per heavy atom. The van der Waals surface area contributed by atoms with Crippen molar-refractivity contribution in [2.24, 2.45) is 0 Å². The minimum absolute atomic E-state index is 0.0209. The number of nitro groups is 1. The molecule has 1 atom stereocenters. The normalized spacial score (nSPS) is 12.0. The van der Waals surface area contributed by atoms with Crippen LogP contribution < -0.4 is 9.62 Å². The summed E-state index contributed by atoms with van der Waals surface area (Å²) in [6.07, 6.45) is 1.21. The van der Waals surface area contributed by atoms with Crippen LogP contribution in [-0.2, 0) is 26.2 Å². The zero-order valence-corrected chi connectivity index (χ0v) is 21.6. The van der Waals surface area contributed by atoms with Gasteiger partial charge in [-0.2, -0.15) is 0 Å². The van der Waals surface area contributed by atoms with Gasteiger partial charge in [0.25, 0.3) is 5.69 Å². The first-order valence-corrected chi connectivity index (χ1v) is 13.2. The standard InChI is InChI=1S/C23H29ClN4O6S/c1-5-20(23(30)25-6-2)26(14-17-8-10-18(24)11-9-17)22(29)15-27(35(4,33)34)21-13-19(28(31)32)12-7-16(21)3/h7-13,20H,5-6,14-15H2,1-4H3,(H,25,30)/t20-/m0/s1. The van der Waals surface area contributed by atoms with Crippen molar-refractivity contribution >= 4 is 44.8 Å². The Morgan fingerprint density at radius 1 is 1.14 bits per heavy atom. The van der Waals surface area contributed by atoms with Crippen LogP contribution in [0.4, 0.5) is 11.4 Å². The number of hydrogen-bond donors (Lipinski definition) is 1. The summed E-state index contributed by atoms with van der Waals surface area (Å²) in [5.74, 6) is -0.996. The fraction of sp³-hybridized carbons (Fsp3) is 0.391. The van der Waals surface area contributed by atoms with Crippen molar-refractivity contribution in [2.45, 2.75) is 39.8 Å². The van der Waals surface area contributed by atoms with Crippen molar-refractivity contribution in [1.29, 1.82) is 0 Å². The second kappa shape index (κ2) is 12.0. The van der Waals surface area contributed by atoms with Gasteiger partial charge in [-0.25, -0.2) is 8.42 Å². The van der Waals surface area contributed by atoms with Gasteiger partial charge in [0, 0.05) is 30.2 Å². The number of non-ortho nitro benzene ring substituents is 1. The lowest BCUT2D eigenvalue weighted by molar-refractivity contribution is -0.384. The van der Waals surface area contributed by atoms with Gasteiger partial charge in [-0.3, -0.25) is 24.0 Å². The van der Waals surface area contributed by atoms with E-state index in [0.29, 0.717) is 29.1 Å². The Hall–Kier alpha value is -3.18. The average Bonchev–Trinajstić information content (AvgIpc) is 2.78. The summed E-state index contributed by atoms with van der Waals surface area (Å²) in [4.78, 5) is 38.3. The smallest absolute Gasteiger partial charge is 0.271 e. The quantitative estimate of drug-likeness (QED) is 0.354. The number of anilines is 1. The first-order valence-electron chi connectivity index (χ1n) is 10.9. The fourth-order valence-electron chi connectivity index (χ4n) is 3.57. The fourth-order valence-corrected chi connectivity index (χ4v) is 4.60. The van der Waals surface area contributed by atoms with Gasteiger partial charge in [0.2, 0.25) is 21.8 Å². The highest BCUT2D eigenvalue weighted by Gasteiger charge is 2.32. The molecule has 0 unspecified atom stereocenters. The monoisotopic (exact) mass is 524 g/mol. The number of aryl methyl sites for hydroxylation is 1. The van der Waals surface area contributed by atoms with Gasteiger partial charge < -0.3 is 10.2 Å². The summed E-state index contributed by atoms with van der Waals surface area (Å²) in [7, 11) is -4.01. The van der Waals surface area contributed by atoms with Crippen LogP contribution in [0.3, 0.4) is 0 Å². The highest BCUT2D eigenvalue weighted by Crippen LogP contribution is 2.28. The van der Waals surface area contributed by atoms with Crippen molar-refractivity contribution in [3.05, 3.63) is 68.7 Å². The number of likely N-dealkylation sites (N-methyl/N-ethyl adjacent to an activating group) is 1. The Bertz CT molecular complexity index is 1190. The van der Waals surface area contributed by atoms with Crippen molar-refractivity contribution in [3.8, 4) is 0 Å². The summed E-state index contributed by atoms with van der Waals surface area (Å²) < 4.78 is 26.2. The van der Waals surface area contributed by atoms with Crippen molar-refractivity contribution in [3.63, 3.8) is 0 Å². The minimum atomic E-state index is -4.01. The number of nitrogens with zero attached hydrogens (tertiary/aromatic N) is 3. The van der Waals surface area contributed by atoms with E-state index in [-0.39, 0.29) is 23.8 Å². The van der Waals surface area contributed by atoms with E-state index in [4.69, 9.17) is 11.6 Å². The highest BCUT2D eigenvalue weighted by molar-refractivity contribution is 7.92. The number of benzene rings is 2. The predicted molar refractivity (Wildman–Crippen MR) is 135 cm³/mol. The second-order valence-electron chi connectivity index (χ2n) is 7.96. The average molecular weight is 525 g/mol. The number of halogens is 1. The molecule has 0 saturated carbocycles. The number of nitrogens with one attached hydrogen (secondary N) is 1. The zero-order valence-electron chi connectivity index (χ0n) is 20.0. The first-order chi connectivity index (χ1) is 16.4. The van der Waals surface area contributed by atoms with Crippen LogP contribution in [0, 0.1) is 17.0 Å². The van der Waals surface area contributed by atoms with E-state index in [1.54, 1.807) is 45.0 Å². The van der Waals surface area contributed by atoms with Gasteiger partial charge in [0.05, 0.1) is 16.9 Å². The van der Waals surface area contributed by atoms with Crippen molar-refractivity contribution in [1.82, 2.24) is 10.2 Å². The molecule has 0 spiro atoms. The third-order valence-corrected chi connectivity index (χ3v) is 6.73. The van der Waals surface area contributed by atoms with Gasteiger partial charge in [0.15, 0.2) is 0 Å². The van der Waals surface area contributed by atoms with E-state index >= 15 is 0 Å². The molecule has 0 heterocycles. The maximum absolute atomic E-state index is 13.6. The van der Waals surface area contributed by atoms with Gasteiger partial charge >= 0.3 is 0 Å². The summed E-state index contributed by atoms with van der Waals surface area (Å²) in [5, 5.41) is 14.5. The van der Waals surface area contributed by atoms with Crippen LogP contribution >= 0.6 is 11.6 Å². The van der Waals surface area contributed by atoms with E-state index in [1.165, 1.54) is 17.0 Å². The minimum Gasteiger partial charge on any atom is -0.355 e. The lowest BCUT2D eigenvalue weighted by Gasteiger charge is -2.33. The van der Waals surface area contributed by atoms with Crippen molar-refractivity contribution < 1.29 is 22.9 Å². The van der Waals surface area contributed by atoms with E-state index < -0.39 is 33.4 Å². The lowest BCUT2D eigenvalue weighted by Crippen LogP contribution is -2.52. The molecule has 0 aliphatic carbocycles. The number of carbonyl (C=O) groups excluding carboxylic acids is 2. The van der Waals surface area contributed by atoms with E-state index in [1.807, 2.05) is 0 Å². The molecule has 190 valence electrons. The van der Waals surface area contributed by atoms with E-state index in [9.17, 15) is 28.1 Å². The molecule has 1 N–H and O–H groups in total. The molecule has 0 fully saturated rings. The van der Waals surface area contributed by atoms with Crippen LogP contribution in [0.25, 0.3) is 0 Å². The Kier molecular flexibility index (Phi) is 9.61. The number of sulfonamides is 1. The number of amides is 2. The molecule has 10 nitrogen and oxygen atoms in total. The molecule has 2 aromatic carbocycles. The molecule has 35 heavy (non-hydrogen) atoms. The molecule has 0 aliphatic heterocycles. The van der Waals surface area contributed by atoms with E-state index in [2.05, 4.69) is 5.32 Å². The van der Waals surface area contributed by atoms with Crippen LogP contribution in [-0.4, -0.2) is 55.4 Å². The number of hydrogen-bond acceptors (Lipinski definition) is 6. The Balaban J connectivity index is 2.51. The summed E-state index contributed by atoms with van der Waals surface area (Å²) >= 11 is 5.96. The van der Waals surface area contributed by atoms with Gasteiger partial charge in [-0.1, -0.05) is 36.7 Å². The third-order valence-electron chi connectivity index (χ3n) is 5.35. The summed E-state index contributed by atoms with van der Waals surface area (Å²) in [5.41, 5.74) is 0.850. The molecule has 2 amide bonds. The predicted octanol–water partition coefficient (Wildman–Crippen LogP) is 3.27. The topological polar surface area (TPSA) is 130 Å². The summed E-state index contributed by atoms with van der Waals surface area (Å²) in [6.45, 7) is 4.87. The molecule has 0 aromatic heterocycles. The lowest BCUT2D eigenvalue weighted by atomic mass is 10.1. The molecule has 0 radical (unpaired) electrons. The van der Waals surface area contributed by atoms with Crippen molar-refractivity contribution in [2.75, 3.05) is 23.7 Å². The largest absolute Gasteiger partial charge is 0.355 e. The van der Waals surface area contributed by atoms with Crippen LogP contribution in [0.2, 0.25) is 5.02 Å². The maximum Gasteiger partial charge on any atom is 0.271 e. The van der Waals surface area contributed by atoms with Gasteiger partial charge in [0.1, 0.15) is 12.6 Å². The van der Waals surface area contributed by atoms with Crippen LogP contribution in [0.15, 0.2) is 42.5 Å². The van der Waals surface area contributed by atoms with Gasteiger partial charge in [-0.15, -0.1) is 0 Å². The molecule has 0 saturated heterocycles. The van der Waals surface area contributed by atoms with Crippen LogP contribution in [0.5, 0.6) is 0 Å². The number of nitro benzene ring substituents is 1. The molecule has 2 aromatic rings. The summed E-state index contributed by atoms with van der Waals surface area (Å²) in [6, 6.07) is 9.68. The Labute approximate surface area is 210 Å². The highest BCUT2D eigenvalue weighted by atomic mass is 35.5. The second-order valence-corrected chi connectivity index (χ2v) is 10.3. The zero-order chi connectivity index (χ0) is 26.3. The molecule has 12 heteroatoms. The maximum atomic E-state index is 13.6. The van der Waals surface area contributed by atoms with Gasteiger partial charge in [-0.05, 0) is 43.5 Å².